The van der Waals surface area contributed by atoms with Crippen LogP contribution >= 0.6 is 0 Å². The number of terminal acetylenes is 1. The van der Waals surface area contributed by atoms with Gasteiger partial charge in [0.25, 0.3) is 0 Å². The van der Waals surface area contributed by atoms with E-state index in [-0.39, 0.29) is 6.04 Å². The second kappa shape index (κ2) is 5.36. The van der Waals surface area contributed by atoms with Gasteiger partial charge in [-0.3, -0.25) is 0 Å². The number of rotatable bonds is 4. The molecule has 2 aromatic rings. The van der Waals surface area contributed by atoms with Crippen molar-refractivity contribution in [2.45, 2.75) is 25.8 Å². The van der Waals surface area contributed by atoms with Crippen molar-refractivity contribution in [3.05, 3.63) is 36.4 Å². The smallest absolute Gasteiger partial charge is 0.127 e. The minimum atomic E-state index is 0.0636. The third-order valence-electron chi connectivity index (χ3n) is 2.70. The van der Waals surface area contributed by atoms with Crippen molar-refractivity contribution in [2.24, 2.45) is 0 Å². The molecule has 0 aliphatic rings. The summed E-state index contributed by atoms with van der Waals surface area (Å²) in [6.45, 7) is 2.12. The Hall–Kier alpha value is -2.01. The first-order chi connectivity index (χ1) is 8.33. The van der Waals surface area contributed by atoms with Gasteiger partial charge in [-0.05, 0) is 24.6 Å². The minimum Gasteiger partial charge on any atom is -0.356 e. The van der Waals surface area contributed by atoms with Crippen LogP contribution < -0.4 is 5.32 Å². The van der Waals surface area contributed by atoms with Crippen LogP contribution in [0.1, 0.15) is 19.8 Å². The predicted octanol–water partition coefficient (Wildman–Crippen LogP) is 3.45. The van der Waals surface area contributed by atoms with Crippen LogP contribution in [-0.4, -0.2) is 11.0 Å². The fourth-order valence-electron chi connectivity index (χ4n) is 1.81. The van der Waals surface area contributed by atoms with Gasteiger partial charge in [0.1, 0.15) is 5.82 Å². The van der Waals surface area contributed by atoms with Crippen LogP contribution in [0.3, 0.4) is 0 Å². The number of para-hydroxylation sites is 1. The summed E-state index contributed by atoms with van der Waals surface area (Å²) in [5.74, 6) is 3.60. The highest BCUT2D eigenvalue weighted by Gasteiger charge is 2.04. The van der Waals surface area contributed by atoms with Crippen LogP contribution in [0.25, 0.3) is 10.9 Å². The molecular weight excluding hydrogens is 208 g/mol. The lowest BCUT2D eigenvalue weighted by atomic mass is 10.1. The number of benzene rings is 1. The normalized spacial score (nSPS) is 12.0. The first kappa shape index (κ1) is 11.5. The van der Waals surface area contributed by atoms with Crippen molar-refractivity contribution >= 4 is 16.7 Å². The zero-order valence-corrected chi connectivity index (χ0v) is 9.98. The lowest BCUT2D eigenvalue weighted by molar-refractivity contribution is 0.753. The molecule has 0 spiro atoms. The molecule has 0 radical (unpaired) electrons. The Bertz CT molecular complexity index is 540. The monoisotopic (exact) mass is 224 g/mol. The number of nitrogens with one attached hydrogen (secondary N) is 1. The van der Waals surface area contributed by atoms with Gasteiger partial charge in [-0.25, -0.2) is 4.98 Å². The topological polar surface area (TPSA) is 24.9 Å². The van der Waals surface area contributed by atoms with Gasteiger partial charge in [-0.15, -0.1) is 6.42 Å². The molecular formula is C15H16N2. The molecule has 2 heteroatoms. The van der Waals surface area contributed by atoms with E-state index in [0.29, 0.717) is 0 Å². The van der Waals surface area contributed by atoms with E-state index in [9.17, 15) is 0 Å². The van der Waals surface area contributed by atoms with Gasteiger partial charge in [0.2, 0.25) is 0 Å². The summed E-state index contributed by atoms with van der Waals surface area (Å²) in [5.41, 5.74) is 0.991. The van der Waals surface area contributed by atoms with E-state index in [1.807, 2.05) is 24.3 Å². The molecule has 0 saturated heterocycles. The molecule has 0 aliphatic heterocycles. The maximum atomic E-state index is 5.48. The minimum absolute atomic E-state index is 0.0636. The maximum Gasteiger partial charge on any atom is 0.127 e. The van der Waals surface area contributed by atoms with Crippen LogP contribution in [-0.2, 0) is 0 Å². The Kier molecular flexibility index (Phi) is 3.62. The van der Waals surface area contributed by atoms with Crippen LogP contribution in [0.2, 0.25) is 0 Å². The molecule has 0 fully saturated rings. The molecule has 17 heavy (non-hydrogen) atoms. The Morgan fingerprint density at radius 3 is 2.88 bits per heavy atom. The predicted molar refractivity (Wildman–Crippen MR) is 72.9 cm³/mol. The molecule has 0 aliphatic carbocycles. The van der Waals surface area contributed by atoms with Crippen molar-refractivity contribution in [3.8, 4) is 12.3 Å². The third kappa shape index (κ3) is 2.76. The van der Waals surface area contributed by atoms with Gasteiger partial charge in [0, 0.05) is 5.39 Å². The highest BCUT2D eigenvalue weighted by molar-refractivity contribution is 5.80. The fourth-order valence-corrected chi connectivity index (χ4v) is 1.81. The van der Waals surface area contributed by atoms with Crippen molar-refractivity contribution in [3.63, 3.8) is 0 Å². The number of hydrogen-bond donors (Lipinski definition) is 1. The van der Waals surface area contributed by atoms with Crippen LogP contribution in [0.15, 0.2) is 36.4 Å². The zero-order chi connectivity index (χ0) is 12.1. The van der Waals surface area contributed by atoms with Gasteiger partial charge < -0.3 is 5.32 Å². The molecule has 1 heterocycles. The number of aromatic nitrogens is 1. The quantitative estimate of drug-likeness (QED) is 0.805. The van der Waals surface area contributed by atoms with E-state index in [1.54, 1.807) is 0 Å². The Balaban J connectivity index is 2.22. The number of nitrogens with zero attached hydrogens (tertiary/aromatic N) is 1. The first-order valence-corrected chi connectivity index (χ1v) is 5.92. The molecule has 2 nitrogen and oxygen atoms in total. The lowest BCUT2D eigenvalue weighted by Gasteiger charge is -2.12. The van der Waals surface area contributed by atoms with E-state index >= 15 is 0 Å². The second-order valence-corrected chi connectivity index (χ2v) is 4.04. The average molecular weight is 224 g/mol. The molecule has 1 unspecified atom stereocenters. The number of hydrogen-bond acceptors (Lipinski definition) is 2. The SMILES string of the molecule is C#CC(CCC)Nc1ccc2ccccc2n1. The number of fused-ring (bicyclic) bond motifs is 1. The summed E-state index contributed by atoms with van der Waals surface area (Å²) in [4.78, 5) is 4.54. The Labute approximate surface area is 102 Å². The van der Waals surface area contributed by atoms with Crippen molar-refractivity contribution in [1.29, 1.82) is 0 Å². The van der Waals surface area contributed by atoms with Gasteiger partial charge in [0.05, 0.1) is 11.6 Å². The van der Waals surface area contributed by atoms with Crippen molar-refractivity contribution in [2.75, 3.05) is 5.32 Å². The van der Waals surface area contributed by atoms with Crippen molar-refractivity contribution < 1.29 is 0 Å². The molecule has 1 atom stereocenters. The van der Waals surface area contributed by atoms with Crippen LogP contribution in [0.5, 0.6) is 0 Å². The highest BCUT2D eigenvalue weighted by Crippen LogP contribution is 2.15. The Morgan fingerprint density at radius 2 is 2.12 bits per heavy atom. The highest BCUT2D eigenvalue weighted by atomic mass is 15.0. The third-order valence-corrected chi connectivity index (χ3v) is 2.70. The standard InChI is InChI=1S/C15H16N2/c1-3-7-13(4-2)16-15-11-10-12-8-5-6-9-14(12)17-15/h2,5-6,8-11,13H,3,7H2,1H3,(H,16,17). The van der Waals surface area contributed by atoms with E-state index in [0.717, 1.165) is 29.6 Å². The van der Waals surface area contributed by atoms with Gasteiger partial charge in [-0.2, -0.15) is 0 Å². The van der Waals surface area contributed by atoms with Crippen LogP contribution in [0, 0.1) is 12.3 Å². The van der Waals surface area contributed by atoms with Gasteiger partial charge in [0.15, 0.2) is 0 Å². The average Bonchev–Trinajstić information content (AvgIpc) is 2.38. The summed E-state index contributed by atoms with van der Waals surface area (Å²) >= 11 is 0. The van der Waals surface area contributed by atoms with Gasteiger partial charge >= 0.3 is 0 Å². The molecule has 2 rings (SSSR count). The molecule has 0 bridgehead atoms. The summed E-state index contributed by atoms with van der Waals surface area (Å²) in [7, 11) is 0. The number of anilines is 1. The summed E-state index contributed by atoms with van der Waals surface area (Å²) < 4.78 is 0. The van der Waals surface area contributed by atoms with E-state index in [2.05, 4.69) is 35.3 Å². The molecule has 1 aromatic carbocycles. The summed E-state index contributed by atoms with van der Waals surface area (Å²) in [6.07, 6.45) is 7.51. The molecule has 1 N–H and O–H groups in total. The van der Waals surface area contributed by atoms with E-state index in [4.69, 9.17) is 6.42 Å². The Morgan fingerprint density at radius 1 is 1.29 bits per heavy atom. The van der Waals surface area contributed by atoms with Crippen LogP contribution in [0.4, 0.5) is 5.82 Å². The molecule has 0 saturated carbocycles. The zero-order valence-electron chi connectivity index (χ0n) is 9.98. The van der Waals surface area contributed by atoms with Gasteiger partial charge in [-0.1, -0.05) is 37.5 Å². The maximum absolute atomic E-state index is 5.48. The lowest BCUT2D eigenvalue weighted by Crippen LogP contribution is -2.17. The van der Waals surface area contributed by atoms with E-state index < -0.39 is 0 Å². The number of pyridine rings is 1. The van der Waals surface area contributed by atoms with E-state index in [1.165, 1.54) is 0 Å². The second-order valence-electron chi connectivity index (χ2n) is 4.04. The molecule has 86 valence electrons. The molecule has 0 amide bonds. The largest absolute Gasteiger partial charge is 0.356 e. The first-order valence-electron chi connectivity index (χ1n) is 5.92. The fraction of sp³-hybridized carbons (Fsp3) is 0.267. The molecule has 1 aromatic heterocycles. The summed E-state index contributed by atoms with van der Waals surface area (Å²) in [6, 6.07) is 12.2. The van der Waals surface area contributed by atoms with Crippen molar-refractivity contribution in [1.82, 2.24) is 4.98 Å². The summed E-state index contributed by atoms with van der Waals surface area (Å²) in [5, 5.41) is 4.42.